The second-order valence-corrected chi connectivity index (χ2v) is 8.31. The fourth-order valence-corrected chi connectivity index (χ4v) is 4.01. The highest BCUT2D eigenvalue weighted by Crippen LogP contribution is 2.32. The number of aliphatic hydroxyl groups is 1. The lowest BCUT2D eigenvalue weighted by molar-refractivity contribution is -0.145. The number of amides is 1. The maximum Gasteiger partial charge on any atom is 0.344 e. The molecule has 0 bridgehead atoms. The summed E-state index contributed by atoms with van der Waals surface area (Å²) in [5.74, 6) is -0.0701. The van der Waals surface area contributed by atoms with Gasteiger partial charge in [0.2, 0.25) is 0 Å². The van der Waals surface area contributed by atoms with Crippen LogP contribution in [0.3, 0.4) is 0 Å². The zero-order valence-corrected chi connectivity index (χ0v) is 20.3. The summed E-state index contributed by atoms with van der Waals surface area (Å²) >= 11 is 6.16. The normalized spacial score (nSPS) is 21.4. The molecular weight excluding hydrogens is 494 g/mol. The van der Waals surface area contributed by atoms with E-state index >= 15 is 0 Å². The van der Waals surface area contributed by atoms with Crippen molar-refractivity contribution in [2.24, 2.45) is 5.73 Å². The van der Waals surface area contributed by atoms with E-state index in [1.807, 2.05) is 0 Å². The number of anilines is 1. The van der Waals surface area contributed by atoms with Crippen molar-refractivity contribution >= 4 is 40.5 Å². The van der Waals surface area contributed by atoms with Crippen molar-refractivity contribution in [3.05, 3.63) is 41.4 Å². The average molecular weight is 520 g/mol. The van der Waals surface area contributed by atoms with E-state index < -0.39 is 36.4 Å². The van der Waals surface area contributed by atoms with Gasteiger partial charge in [-0.2, -0.15) is 0 Å². The Morgan fingerprint density at radius 1 is 1.31 bits per heavy atom. The number of ether oxygens (including phenoxy) is 3. The summed E-state index contributed by atoms with van der Waals surface area (Å²) in [5, 5.41) is 16.7. The van der Waals surface area contributed by atoms with Crippen molar-refractivity contribution in [1.82, 2.24) is 24.8 Å². The summed E-state index contributed by atoms with van der Waals surface area (Å²) < 4.78 is 17.7. The maximum atomic E-state index is 12.1. The molecule has 13 nitrogen and oxygen atoms in total. The van der Waals surface area contributed by atoms with Crippen LogP contribution in [0.25, 0.3) is 11.2 Å². The minimum atomic E-state index is -1.17. The molecule has 192 valence electrons. The number of nitrogens with zero attached hydrogens (tertiary/aromatic N) is 4. The number of nitrogens with two attached hydrogens (primary N) is 1. The summed E-state index contributed by atoms with van der Waals surface area (Å²) in [4.78, 5) is 36.6. The number of rotatable bonds is 9. The summed E-state index contributed by atoms with van der Waals surface area (Å²) in [6.45, 7) is 1.97. The minimum absolute atomic E-state index is 0.240. The number of hydrogen-bond donors (Lipinski definition) is 4. The van der Waals surface area contributed by atoms with Crippen molar-refractivity contribution in [2.45, 2.75) is 37.9 Å². The fraction of sp³-hybridized carbons (Fsp3) is 0.409. The van der Waals surface area contributed by atoms with Crippen LogP contribution in [0.5, 0.6) is 5.75 Å². The van der Waals surface area contributed by atoms with Gasteiger partial charge in [-0.05, 0) is 25.1 Å². The van der Waals surface area contributed by atoms with Crippen LogP contribution in [0, 0.1) is 0 Å². The van der Waals surface area contributed by atoms with Gasteiger partial charge in [-0.15, -0.1) is 0 Å². The van der Waals surface area contributed by atoms with Crippen molar-refractivity contribution < 1.29 is 28.9 Å². The van der Waals surface area contributed by atoms with Crippen molar-refractivity contribution in [1.29, 1.82) is 0 Å². The van der Waals surface area contributed by atoms with E-state index in [-0.39, 0.29) is 19.8 Å². The lowest BCUT2D eigenvalue weighted by atomic mass is 10.1. The number of fused-ring (bicyclic) bond motifs is 1. The lowest BCUT2D eigenvalue weighted by Crippen LogP contribution is -2.46. The van der Waals surface area contributed by atoms with E-state index in [4.69, 9.17) is 31.5 Å². The molecule has 5 N–H and O–H groups in total. The molecule has 4 atom stereocenters. The quantitative estimate of drug-likeness (QED) is 0.287. The molecule has 0 radical (unpaired) electrons. The zero-order chi connectivity index (χ0) is 25.8. The molecule has 36 heavy (non-hydrogen) atoms. The number of hydrogen-bond acceptors (Lipinski definition) is 11. The highest BCUT2D eigenvalue weighted by molar-refractivity contribution is 6.30. The van der Waals surface area contributed by atoms with E-state index in [9.17, 15) is 14.7 Å². The molecule has 1 aliphatic heterocycles. The number of carbonyl (C=O) groups excluding carboxylic acids is 2. The van der Waals surface area contributed by atoms with Gasteiger partial charge in [0.1, 0.15) is 18.2 Å². The van der Waals surface area contributed by atoms with E-state index in [1.54, 1.807) is 25.1 Å². The molecule has 0 spiro atoms. The molecule has 1 aliphatic rings. The van der Waals surface area contributed by atoms with Gasteiger partial charge in [-0.1, -0.05) is 11.6 Å². The summed E-state index contributed by atoms with van der Waals surface area (Å²) in [6.07, 6.45) is -0.392. The van der Waals surface area contributed by atoms with E-state index in [2.05, 4.69) is 25.6 Å². The summed E-state index contributed by atoms with van der Waals surface area (Å²) in [5.41, 5.74) is 7.45. The largest absolute Gasteiger partial charge is 0.482 e. The number of esters is 1. The third-order valence-corrected chi connectivity index (χ3v) is 5.81. The van der Waals surface area contributed by atoms with E-state index in [0.29, 0.717) is 33.3 Å². The van der Waals surface area contributed by atoms with Gasteiger partial charge in [-0.25, -0.2) is 19.7 Å². The molecule has 0 saturated carbocycles. The van der Waals surface area contributed by atoms with Crippen LogP contribution < -0.4 is 21.1 Å². The summed E-state index contributed by atoms with van der Waals surface area (Å²) in [6, 6.07) is 4.09. The molecule has 3 heterocycles. The number of aromatic nitrogens is 4. The number of carbonyl (C=O) groups is 2. The predicted octanol–water partition coefficient (Wildman–Crippen LogP) is 0.365. The van der Waals surface area contributed by atoms with Crippen LogP contribution in [0.4, 0.5) is 5.82 Å². The van der Waals surface area contributed by atoms with Crippen LogP contribution in [-0.4, -0.2) is 75.0 Å². The Bertz CT molecular complexity index is 1250. The van der Waals surface area contributed by atoms with Gasteiger partial charge in [-0.3, -0.25) is 9.36 Å². The number of imidazole rings is 1. The molecule has 0 unspecified atom stereocenters. The topological polar surface area (TPSA) is 176 Å². The second kappa shape index (κ2) is 11.0. The van der Waals surface area contributed by atoms with Gasteiger partial charge in [0.25, 0.3) is 5.91 Å². The SMILES string of the molecule is CCOC(=O)COc1ccc(Cl)cc1CNc1ncnc2c1ncn2[C@@H]1O[C@H](C(=O)NC)[C@@H](N)[C@H]1O. The summed E-state index contributed by atoms with van der Waals surface area (Å²) in [7, 11) is 1.46. The zero-order valence-electron chi connectivity index (χ0n) is 19.6. The van der Waals surface area contributed by atoms with Crippen molar-refractivity contribution in [3.63, 3.8) is 0 Å². The first kappa shape index (κ1) is 25.6. The molecular formula is C22H26ClN7O6. The number of halogens is 1. The van der Waals surface area contributed by atoms with Gasteiger partial charge in [0, 0.05) is 24.2 Å². The van der Waals surface area contributed by atoms with Gasteiger partial charge < -0.3 is 35.7 Å². The van der Waals surface area contributed by atoms with Gasteiger partial charge in [0.15, 0.2) is 35.9 Å². The first-order chi connectivity index (χ1) is 17.3. The Morgan fingerprint density at radius 3 is 2.86 bits per heavy atom. The number of aliphatic hydroxyl groups excluding tert-OH is 1. The highest BCUT2D eigenvalue weighted by Gasteiger charge is 2.46. The predicted molar refractivity (Wildman–Crippen MR) is 128 cm³/mol. The van der Waals surface area contributed by atoms with E-state index in [0.717, 1.165) is 0 Å². The third kappa shape index (κ3) is 5.18. The first-order valence-corrected chi connectivity index (χ1v) is 11.5. The third-order valence-electron chi connectivity index (χ3n) is 5.58. The first-order valence-electron chi connectivity index (χ1n) is 11.1. The maximum absolute atomic E-state index is 12.1. The van der Waals surface area contributed by atoms with Gasteiger partial charge in [0.05, 0.1) is 19.0 Å². The number of likely N-dealkylation sites (N-methyl/N-ethyl adjacent to an activating group) is 1. The van der Waals surface area contributed by atoms with Crippen LogP contribution in [0.2, 0.25) is 5.02 Å². The number of nitrogens with one attached hydrogen (secondary N) is 2. The fourth-order valence-electron chi connectivity index (χ4n) is 3.81. The molecule has 1 aromatic carbocycles. The Kier molecular flexibility index (Phi) is 7.84. The van der Waals surface area contributed by atoms with Crippen LogP contribution in [0.15, 0.2) is 30.9 Å². The Labute approximate surface area is 210 Å². The molecule has 2 aromatic heterocycles. The van der Waals surface area contributed by atoms with Crippen molar-refractivity contribution in [3.8, 4) is 5.75 Å². The highest BCUT2D eigenvalue weighted by atomic mass is 35.5. The van der Waals surface area contributed by atoms with E-state index in [1.165, 1.54) is 24.3 Å². The number of benzene rings is 1. The monoisotopic (exact) mass is 519 g/mol. The van der Waals surface area contributed by atoms with Crippen LogP contribution in [0.1, 0.15) is 18.7 Å². The second-order valence-electron chi connectivity index (χ2n) is 7.88. The lowest BCUT2D eigenvalue weighted by Gasteiger charge is -2.17. The van der Waals surface area contributed by atoms with Crippen molar-refractivity contribution in [2.75, 3.05) is 25.6 Å². The Morgan fingerprint density at radius 2 is 2.11 bits per heavy atom. The Balaban J connectivity index is 1.54. The average Bonchev–Trinajstić information content (AvgIpc) is 3.43. The molecule has 1 saturated heterocycles. The molecule has 1 fully saturated rings. The molecule has 4 rings (SSSR count). The smallest absolute Gasteiger partial charge is 0.344 e. The molecule has 3 aromatic rings. The Hall–Kier alpha value is -3.52. The minimum Gasteiger partial charge on any atom is -0.482 e. The van der Waals surface area contributed by atoms with Crippen LogP contribution in [-0.2, 0) is 25.6 Å². The standard InChI is InChI=1S/C22H26ClN7O6/c1-3-34-14(31)8-35-13-5-4-12(23)6-11(13)7-26-19-16-20(28-9-27-19)30(10-29-16)22-17(32)15(24)18(36-22)21(33)25-2/h4-6,9-10,15,17-18,22,32H,3,7-8,24H2,1-2H3,(H,25,33)(H,26,27,28)/t15-,17+,18-,22+/m0/s1. The molecule has 0 aliphatic carbocycles. The van der Waals surface area contributed by atoms with Crippen LogP contribution >= 0.6 is 11.6 Å². The molecule has 1 amide bonds. The molecule has 14 heteroatoms. The van der Waals surface area contributed by atoms with Gasteiger partial charge >= 0.3 is 5.97 Å².